The zero-order valence-corrected chi connectivity index (χ0v) is 77.9. The highest BCUT2D eigenvalue weighted by atomic mass is 35.5. The number of carboxylic acids is 2. The van der Waals surface area contributed by atoms with Crippen LogP contribution in [0.2, 0.25) is 5.15 Å². The van der Waals surface area contributed by atoms with Crippen LogP contribution in [0.5, 0.6) is 23.5 Å². The van der Waals surface area contributed by atoms with Crippen LogP contribution >= 0.6 is 11.6 Å². The van der Waals surface area contributed by atoms with Crippen LogP contribution in [0.4, 0.5) is 85.9 Å². The van der Waals surface area contributed by atoms with Gasteiger partial charge in [-0.15, -0.1) is 0 Å². The zero-order valence-electron chi connectivity index (χ0n) is 77.1. The van der Waals surface area contributed by atoms with Crippen molar-refractivity contribution in [3.8, 4) is 45.8 Å². The molecule has 5 aromatic heterocycles. The van der Waals surface area contributed by atoms with Crippen molar-refractivity contribution in [2.75, 3.05) is 57.4 Å². The van der Waals surface area contributed by atoms with Crippen molar-refractivity contribution in [1.29, 1.82) is 0 Å². The number of amides is 3. The number of anilines is 1. The molecule has 0 unspecified atom stereocenters. The normalized spacial score (nSPS) is 19.7. The van der Waals surface area contributed by atoms with Gasteiger partial charge in [-0.3, -0.25) is 14.7 Å². The van der Waals surface area contributed by atoms with Crippen LogP contribution in [-0.2, 0) is 54.7 Å². The number of carboxylic acid groups (broad SMARTS) is 2. The van der Waals surface area contributed by atoms with E-state index in [0.717, 1.165) is 98.7 Å². The van der Waals surface area contributed by atoms with Crippen LogP contribution in [0.15, 0.2) is 201 Å². The third-order valence-corrected chi connectivity index (χ3v) is 20.9. The van der Waals surface area contributed by atoms with Crippen molar-refractivity contribution >= 4 is 60.1 Å². The number of nitrogens with one attached hydrogen (secondary N) is 1. The van der Waals surface area contributed by atoms with Crippen molar-refractivity contribution in [1.82, 2.24) is 44.9 Å². The highest BCUT2D eigenvalue weighted by molar-refractivity contribution is 6.58. The molecule has 10 atom stereocenters. The first-order valence-corrected chi connectivity index (χ1v) is 43.7. The van der Waals surface area contributed by atoms with Gasteiger partial charge < -0.3 is 84.1 Å². The summed E-state index contributed by atoms with van der Waals surface area (Å²) in [5.74, 6) is -2.09. The summed E-state index contributed by atoms with van der Waals surface area (Å²) in [7, 11) is -1.39. The summed E-state index contributed by atoms with van der Waals surface area (Å²) in [4.78, 5) is 81.7. The SMILES string of the molecule is CC(C)(C)OC(=O)N1C[C@@H](O)C[C@H]1C(=O)O.CC(C)(C)OC(=O)N1C[C@@H](Oc2ccc(C(F)(F)F)cn2)C[C@H]1C(=O)O.CC(C)(C)OC(=O)N1C[C@@H](Oc2ccc(C(F)(F)F)cn2)C[C@H]1CO.FC(F)(F)c1ccc(Cl)nc1.OB(O)c1ccc(-c2ccccc2)cc1.OC[C@@H]1C[C@H](Oc2ccc(C(F)(F)F)cn2)CN1.OC[C@@H]1C[C@H](Oc2ccc(C(F)(F)F)cn2)CN1c1ccc(-c2ccccc2)cc1. The van der Waals surface area contributed by atoms with Crippen molar-refractivity contribution in [2.45, 2.75) is 203 Å². The summed E-state index contributed by atoms with van der Waals surface area (Å²) >= 11 is 5.28. The van der Waals surface area contributed by atoms with E-state index in [9.17, 15) is 110 Å². The van der Waals surface area contributed by atoms with Gasteiger partial charge in [0.25, 0.3) is 0 Å². The van der Waals surface area contributed by atoms with Crippen molar-refractivity contribution in [2.24, 2.45) is 0 Å². The molecule has 10 heterocycles. The standard InChI is InChI=1S/C23H21F3N2O2.C16H19F3N2O5.C16H21F3N2O4.C12H11BO2.C11H13F3N2O2.C10H17NO5.C6H3ClF3N/c24-23(25,26)18-8-11-22(27-13-18)30-21-12-20(15-29)28(14-21)19-9-6-17(7-10-19)16-4-2-1-3-5-16;1-15(2,3)26-14(24)21-8-10(6-11(21)13(22)23)25-12-5-4-9(7-20-12)16(17,18)19;1-15(2,3)25-14(23)21-8-12(6-11(21)9-22)24-13-5-4-10(7-20-13)16(17,18)19;14-13(15)12-8-6-11(7-9-12)10-4-2-1-3-5-10;12-11(13,14)7-1-2-10(16-4-7)18-9-3-8(6-17)15-5-9;1-10(2,3)16-9(15)11-5-6(12)4-7(11)8(13)14;7-5-2-1-4(3-11-5)6(8,9)10/h1-11,13,20-21,29H,12,14-15H2;4-5,7,10-11H,6,8H2,1-3H3,(H,22,23);4-5,7,11-12,22H,6,8-9H2,1-3H3;1-9,14-15H;1-2,4,8-9,15,17H,3,5-6H2;6-7,12H,4-5H2,1-3H3,(H,13,14);1-3H/t20-,21-;10-,11-;11-,12-;;8-,9-;6-,7-;/m000.00./s1. The lowest BCUT2D eigenvalue weighted by atomic mass is 9.80. The molecule has 9 N–H and O–H groups in total. The molecule has 5 fully saturated rings. The van der Waals surface area contributed by atoms with Crippen LogP contribution < -0.4 is 34.6 Å². The number of hydrogen-bond acceptors (Lipinski definition) is 25. The van der Waals surface area contributed by atoms with Crippen LogP contribution in [-0.4, -0.2) is 248 Å². The molecular formula is C94H105BClF15N10O20. The second-order valence-electron chi connectivity index (χ2n) is 35.2. The maximum Gasteiger partial charge on any atom is 0.488 e. The number of likely N-dealkylation sites (tertiary alicyclic amines) is 3. The Balaban J connectivity index is 0.000000206. The number of aliphatic carboxylic acids is 2. The molecule has 0 bridgehead atoms. The van der Waals surface area contributed by atoms with E-state index in [4.69, 9.17) is 65.0 Å². The number of ether oxygens (including phenoxy) is 7. The predicted octanol–water partition coefficient (Wildman–Crippen LogP) is 16.0. The first-order valence-electron chi connectivity index (χ1n) is 43.4. The Morgan fingerprint density at radius 1 is 0.383 bits per heavy atom. The molecule has 5 saturated heterocycles. The van der Waals surface area contributed by atoms with Gasteiger partial charge in [-0.05, 0) is 139 Å². The second-order valence-corrected chi connectivity index (χ2v) is 35.6. The lowest BCUT2D eigenvalue weighted by molar-refractivity contribution is -0.142. The minimum atomic E-state index is -4.51. The Labute approximate surface area is 805 Å². The number of hydrogen-bond donors (Lipinski definition) is 9. The minimum Gasteiger partial charge on any atom is -0.480 e. The molecule has 0 spiro atoms. The Hall–Kier alpha value is -12.6. The number of nitrogens with zero attached hydrogens (tertiary/aromatic N) is 9. The van der Waals surface area contributed by atoms with Gasteiger partial charge in [0, 0.05) is 106 Å². The van der Waals surface area contributed by atoms with Gasteiger partial charge in [-0.25, -0.2) is 48.9 Å². The number of benzene rings is 4. The monoisotopic (exact) mass is 2020 g/mol. The summed E-state index contributed by atoms with van der Waals surface area (Å²) in [6.45, 7) is 16.1. The number of halogens is 16. The number of β-amino-alcohol motifs (C(OH)–C–C–N with tert-alkyl or cyclic N) is 1. The van der Waals surface area contributed by atoms with E-state index in [1.807, 2.05) is 97.1 Å². The van der Waals surface area contributed by atoms with Crippen LogP contribution in [0.1, 0.15) is 122 Å². The molecule has 47 heteroatoms. The average Bonchev–Trinajstić information content (AvgIpc) is 1.68. The number of aromatic nitrogens is 5. The third-order valence-electron chi connectivity index (χ3n) is 20.7. The highest BCUT2D eigenvalue weighted by Gasteiger charge is 2.46. The number of aliphatic hydroxyl groups is 4. The maximum absolute atomic E-state index is 12.7. The van der Waals surface area contributed by atoms with Gasteiger partial charge in [0.05, 0.1) is 92.0 Å². The van der Waals surface area contributed by atoms with E-state index in [1.54, 1.807) is 74.4 Å². The average molecular weight is 2030 g/mol. The fourth-order valence-corrected chi connectivity index (χ4v) is 14.1. The fourth-order valence-electron chi connectivity index (χ4n) is 14.0. The van der Waals surface area contributed by atoms with Gasteiger partial charge in [-0.1, -0.05) is 109 Å². The molecule has 5 aliphatic heterocycles. The Kier molecular flexibility index (Phi) is 40.1. The molecule has 30 nitrogen and oxygen atoms in total. The smallest absolute Gasteiger partial charge is 0.480 e. The molecule has 766 valence electrons. The van der Waals surface area contributed by atoms with E-state index < -0.39 is 149 Å². The first kappa shape index (κ1) is 114. The number of carbonyl (C=O) groups is 5. The molecule has 3 amide bonds. The number of aliphatic hydroxyl groups excluding tert-OH is 4. The third kappa shape index (κ3) is 36.8. The van der Waals surface area contributed by atoms with Crippen molar-refractivity contribution in [3.63, 3.8) is 0 Å². The van der Waals surface area contributed by atoms with E-state index in [2.05, 4.69) is 35.1 Å². The molecule has 9 aromatic rings. The largest absolute Gasteiger partial charge is 0.488 e. The molecule has 0 saturated carbocycles. The van der Waals surface area contributed by atoms with Gasteiger partial charge in [0.2, 0.25) is 23.5 Å². The summed E-state index contributed by atoms with van der Waals surface area (Å²) < 4.78 is 223. The minimum absolute atomic E-state index is 0.00583. The molecular weight excluding hydrogens is 1920 g/mol. The van der Waals surface area contributed by atoms with E-state index in [1.165, 1.54) is 17.0 Å². The zero-order chi connectivity index (χ0) is 105. The van der Waals surface area contributed by atoms with Crippen molar-refractivity contribution in [3.05, 3.63) is 234 Å². The molecule has 4 aromatic carbocycles. The van der Waals surface area contributed by atoms with Gasteiger partial charge in [-0.2, -0.15) is 65.9 Å². The van der Waals surface area contributed by atoms with E-state index in [-0.39, 0.29) is 105 Å². The molecule has 5 aliphatic rings. The number of pyridine rings is 5. The quantitative estimate of drug-likeness (QED) is 0.0177. The number of alkyl halides is 15. The Bertz CT molecular complexity index is 5420. The highest BCUT2D eigenvalue weighted by Crippen LogP contribution is 2.38. The molecule has 0 aliphatic carbocycles. The molecule has 14 rings (SSSR count). The summed E-state index contributed by atoms with van der Waals surface area (Å²) in [5, 5.41) is 76.7. The summed E-state index contributed by atoms with van der Waals surface area (Å²) in [6, 6.07) is 42.7. The van der Waals surface area contributed by atoms with Crippen molar-refractivity contribution < 1.29 is 164 Å². The van der Waals surface area contributed by atoms with Crippen LogP contribution in [0.3, 0.4) is 0 Å². The lowest BCUT2D eigenvalue weighted by Crippen LogP contribution is -2.43. The van der Waals surface area contributed by atoms with Gasteiger partial charge in [0.15, 0.2) is 0 Å². The van der Waals surface area contributed by atoms with Gasteiger partial charge >= 0.3 is 68.2 Å². The Morgan fingerprint density at radius 3 is 1.04 bits per heavy atom. The van der Waals surface area contributed by atoms with Crippen LogP contribution in [0.25, 0.3) is 22.3 Å². The lowest BCUT2D eigenvalue weighted by Gasteiger charge is -2.27. The first-order chi connectivity index (χ1) is 65.8. The fraction of sp³-hybridized carbons (Fsp3) is 0.426. The maximum atomic E-state index is 12.7. The van der Waals surface area contributed by atoms with E-state index >= 15 is 0 Å². The number of rotatable bonds is 17. The number of carbonyl (C=O) groups excluding carboxylic acids is 3. The molecule has 141 heavy (non-hydrogen) atoms. The summed E-state index contributed by atoms with van der Waals surface area (Å²) in [5.41, 5.74) is -0.452. The van der Waals surface area contributed by atoms with E-state index in [0.29, 0.717) is 56.4 Å². The van der Waals surface area contributed by atoms with Gasteiger partial charge in [0.1, 0.15) is 58.5 Å². The second kappa shape index (κ2) is 49.7. The topological polar surface area (TPSA) is 401 Å². The molecule has 0 radical (unpaired) electrons. The van der Waals surface area contributed by atoms with Crippen LogP contribution in [0, 0.1) is 0 Å². The summed E-state index contributed by atoms with van der Waals surface area (Å²) in [6.07, 6.45) is -21.6. The predicted molar refractivity (Wildman–Crippen MR) is 481 cm³/mol. The Morgan fingerprint density at radius 2 is 0.709 bits per heavy atom.